The highest BCUT2D eigenvalue weighted by Gasteiger charge is 2.48. The minimum absolute atomic E-state index is 0.00591. The second kappa shape index (κ2) is 12.2. The van der Waals surface area contributed by atoms with Crippen molar-refractivity contribution in [1.82, 2.24) is 10.2 Å². The van der Waals surface area contributed by atoms with Crippen LogP contribution in [0.3, 0.4) is 0 Å². The van der Waals surface area contributed by atoms with E-state index in [0.717, 1.165) is 23.3 Å². The normalized spacial score (nSPS) is 19.0. The number of anilines is 1. The van der Waals surface area contributed by atoms with Crippen LogP contribution in [0.4, 0.5) is 5.13 Å². The molecule has 2 aliphatic heterocycles. The lowest BCUT2D eigenvalue weighted by molar-refractivity contribution is -0.132. The number of aromatic nitrogens is 2. The minimum atomic E-state index is -0.920. The molecule has 1 aromatic heterocycles. The maximum absolute atomic E-state index is 13.7. The van der Waals surface area contributed by atoms with Crippen LogP contribution in [0.1, 0.15) is 54.1 Å². The summed E-state index contributed by atoms with van der Waals surface area (Å²) in [5.74, 6) is 0.264. The number of carbonyl (C=O) groups excluding carboxylic acids is 2. The molecule has 6 rings (SSSR count). The first-order valence-electron chi connectivity index (χ1n) is 14.2. The van der Waals surface area contributed by atoms with E-state index in [2.05, 4.69) is 34.5 Å². The van der Waals surface area contributed by atoms with Crippen molar-refractivity contribution in [1.29, 1.82) is 0 Å². The van der Waals surface area contributed by atoms with Crippen LogP contribution in [-0.2, 0) is 21.8 Å². The molecule has 1 N–H and O–H groups in total. The first-order chi connectivity index (χ1) is 20.8. The quantitative estimate of drug-likeness (QED) is 0.0717. The van der Waals surface area contributed by atoms with Gasteiger partial charge >= 0.3 is 5.91 Å². The summed E-state index contributed by atoms with van der Waals surface area (Å²) in [7, 11) is 0. The van der Waals surface area contributed by atoms with Crippen molar-refractivity contribution >= 4 is 45.7 Å². The lowest BCUT2D eigenvalue weighted by Gasteiger charge is -2.23. The standard InChI is InChI=1S/C33H31N3O5S2/c1-4-14-40-25-7-5-6-22(17-25)28-27(29(37)23-12-13-26-24(16-23)15-20(3)41-26)30(38)31(39)36(28)32-34-35-33(43-32)42-18-21-10-8-19(2)9-11-21/h5-13,16-17,20,28,37H,4,14-15,18H2,1-3H3/b29-27+. The average molecular weight is 614 g/mol. The molecule has 8 nitrogen and oxygen atoms in total. The molecule has 1 amide bonds. The Morgan fingerprint density at radius 3 is 2.72 bits per heavy atom. The molecule has 4 aromatic rings. The van der Waals surface area contributed by atoms with Gasteiger partial charge in [0.1, 0.15) is 23.4 Å². The summed E-state index contributed by atoms with van der Waals surface area (Å²) in [6, 6.07) is 20.0. The van der Waals surface area contributed by atoms with Gasteiger partial charge in [-0.1, -0.05) is 72.0 Å². The predicted octanol–water partition coefficient (Wildman–Crippen LogP) is 6.88. The number of hydrogen-bond donors (Lipinski definition) is 1. The minimum Gasteiger partial charge on any atom is -0.507 e. The molecule has 1 fully saturated rings. The molecule has 2 aliphatic rings. The van der Waals surface area contributed by atoms with E-state index in [-0.39, 0.29) is 22.6 Å². The number of thioether (sulfide) groups is 1. The highest BCUT2D eigenvalue weighted by Crippen LogP contribution is 2.45. The van der Waals surface area contributed by atoms with E-state index in [0.29, 0.717) is 40.0 Å². The van der Waals surface area contributed by atoms with E-state index >= 15 is 0 Å². The molecule has 0 spiro atoms. The highest BCUT2D eigenvalue weighted by molar-refractivity contribution is 8.00. The topological polar surface area (TPSA) is 102 Å². The fourth-order valence-corrected chi connectivity index (χ4v) is 7.08. The van der Waals surface area contributed by atoms with Crippen molar-refractivity contribution in [2.24, 2.45) is 0 Å². The molecule has 10 heteroatoms. The van der Waals surface area contributed by atoms with Gasteiger partial charge in [0.25, 0.3) is 5.78 Å². The number of amides is 1. The number of hydrogen-bond acceptors (Lipinski definition) is 9. The zero-order valence-electron chi connectivity index (χ0n) is 24.1. The molecule has 0 bridgehead atoms. The fourth-order valence-electron chi connectivity index (χ4n) is 5.25. The first-order valence-corrected chi connectivity index (χ1v) is 16.0. The van der Waals surface area contributed by atoms with E-state index in [4.69, 9.17) is 9.47 Å². The fraction of sp³-hybridized carbons (Fsp3) is 0.273. The summed E-state index contributed by atoms with van der Waals surface area (Å²) in [6.07, 6.45) is 1.55. The van der Waals surface area contributed by atoms with Gasteiger partial charge < -0.3 is 14.6 Å². The number of aliphatic hydroxyl groups is 1. The molecule has 0 saturated carbocycles. The summed E-state index contributed by atoms with van der Waals surface area (Å²) in [6.45, 7) is 6.57. The van der Waals surface area contributed by atoms with Crippen molar-refractivity contribution in [2.45, 2.75) is 55.9 Å². The van der Waals surface area contributed by atoms with Crippen molar-refractivity contribution < 1.29 is 24.2 Å². The number of aliphatic hydroxyl groups excluding tert-OH is 1. The Labute approximate surface area is 258 Å². The molecule has 0 radical (unpaired) electrons. The smallest absolute Gasteiger partial charge is 0.301 e. The van der Waals surface area contributed by atoms with E-state index in [1.165, 1.54) is 33.6 Å². The Kier molecular flexibility index (Phi) is 8.23. The van der Waals surface area contributed by atoms with Gasteiger partial charge in [0, 0.05) is 17.7 Å². The predicted molar refractivity (Wildman–Crippen MR) is 168 cm³/mol. The Balaban J connectivity index is 1.39. The SMILES string of the molecule is CCCOc1cccc(C2/C(=C(\O)c3ccc4c(c3)CC(C)O4)C(=O)C(=O)N2c2nnc(SCc3ccc(C)cc3)s2)c1. The zero-order chi connectivity index (χ0) is 30.1. The molecule has 3 heterocycles. The van der Waals surface area contributed by atoms with Gasteiger partial charge in [-0.15, -0.1) is 10.2 Å². The Morgan fingerprint density at radius 2 is 1.93 bits per heavy atom. The van der Waals surface area contributed by atoms with E-state index in [1.807, 2.05) is 45.0 Å². The first kappa shape index (κ1) is 28.9. The van der Waals surface area contributed by atoms with Crippen LogP contribution in [0.5, 0.6) is 11.5 Å². The number of rotatable bonds is 9. The highest BCUT2D eigenvalue weighted by atomic mass is 32.2. The van der Waals surface area contributed by atoms with Crippen LogP contribution < -0.4 is 14.4 Å². The maximum Gasteiger partial charge on any atom is 0.301 e. The maximum atomic E-state index is 13.7. The largest absolute Gasteiger partial charge is 0.507 e. The molecule has 0 aliphatic carbocycles. The van der Waals surface area contributed by atoms with Crippen molar-refractivity contribution in [3.63, 3.8) is 0 Å². The number of ketones is 1. The number of Topliss-reactive ketones (excluding diaryl/α,β-unsaturated/α-hetero) is 1. The van der Waals surface area contributed by atoms with Gasteiger partial charge in [-0.05, 0) is 67.3 Å². The number of fused-ring (bicyclic) bond motifs is 1. The molecule has 43 heavy (non-hydrogen) atoms. The lowest BCUT2D eigenvalue weighted by Crippen LogP contribution is -2.29. The van der Waals surface area contributed by atoms with Gasteiger partial charge in [0.2, 0.25) is 5.13 Å². The lowest BCUT2D eigenvalue weighted by atomic mass is 9.94. The van der Waals surface area contributed by atoms with Gasteiger partial charge in [-0.3, -0.25) is 14.5 Å². The third kappa shape index (κ3) is 5.89. The summed E-state index contributed by atoms with van der Waals surface area (Å²) < 4.78 is 12.4. The summed E-state index contributed by atoms with van der Waals surface area (Å²) in [5, 5.41) is 20.6. The monoisotopic (exact) mass is 613 g/mol. The van der Waals surface area contributed by atoms with Crippen LogP contribution in [0.2, 0.25) is 0 Å². The Hall–Kier alpha value is -4.15. The van der Waals surface area contributed by atoms with Crippen LogP contribution in [0.15, 0.2) is 76.6 Å². The number of benzene rings is 3. The van der Waals surface area contributed by atoms with Crippen LogP contribution in [-0.4, -0.2) is 39.7 Å². The van der Waals surface area contributed by atoms with E-state index in [1.54, 1.807) is 18.2 Å². The van der Waals surface area contributed by atoms with Gasteiger partial charge in [-0.25, -0.2) is 0 Å². The third-order valence-corrected chi connectivity index (χ3v) is 9.47. The third-order valence-electron chi connectivity index (χ3n) is 7.35. The average Bonchev–Trinajstić information content (AvgIpc) is 3.70. The van der Waals surface area contributed by atoms with E-state index in [9.17, 15) is 14.7 Å². The molecule has 2 atom stereocenters. The van der Waals surface area contributed by atoms with Crippen molar-refractivity contribution in [3.8, 4) is 11.5 Å². The summed E-state index contributed by atoms with van der Waals surface area (Å²) >= 11 is 2.76. The van der Waals surface area contributed by atoms with Crippen molar-refractivity contribution in [2.75, 3.05) is 11.5 Å². The molecular weight excluding hydrogens is 583 g/mol. The van der Waals surface area contributed by atoms with Gasteiger partial charge in [0.15, 0.2) is 4.34 Å². The summed E-state index contributed by atoms with van der Waals surface area (Å²) in [5.41, 5.74) is 4.34. The zero-order valence-corrected chi connectivity index (χ0v) is 25.7. The van der Waals surface area contributed by atoms with Crippen molar-refractivity contribution in [3.05, 3.63) is 100 Å². The molecular formula is C33H31N3O5S2. The van der Waals surface area contributed by atoms with Crippen LogP contribution >= 0.6 is 23.1 Å². The van der Waals surface area contributed by atoms with Gasteiger partial charge in [0.05, 0.1) is 18.2 Å². The van der Waals surface area contributed by atoms with Crippen LogP contribution in [0.25, 0.3) is 5.76 Å². The summed E-state index contributed by atoms with van der Waals surface area (Å²) in [4.78, 5) is 28.7. The molecule has 220 valence electrons. The number of carbonyl (C=O) groups is 2. The second-order valence-corrected chi connectivity index (χ2v) is 12.8. The Bertz CT molecular complexity index is 1720. The molecule has 1 saturated heterocycles. The Morgan fingerprint density at radius 1 is 1.12 bits per heavy atom. The van der Waals surface area contributed by atoms with Crippen LogP contribution in [0, 0.1) is 6.92 Å². The molecule has 3 aromatic carbocycles. The number of aryl methyl sites for hydroxylation is 1. The second-order valence-electron chi connectivity index (χ2n) is 10.7. The number of nitrogens with zero attached hydrogens (tertiary/aromatic N) is 3. The molecule has 2 unspecified atom stereocenters. The van der Waals surface area contributed by atoms with Gasteiger partial charge in [-0.2, -0.15) is 0 Å². The number of ether oxygens (including phenoxy) is 2. The van der Waals surface area contributed by atoms with E-state index < -0.39 is 17.7 Å².